The molecule has 1 atom stereocenters. The Morgan fingerprint density at radius 1 is 1.23 bits per heavy atom. The molecule has 1 unspecified atom stereocenters. The summed E-state index contributed by atoms with van der Waals surface area (Å²) in [5.74, 6) is 0.221. The number of hydrogen-bond acceptors (Lipinski definition) is 4. The SMILES string of the molecule is O=C(CC1COCCN1)N1CCN(c2ccc(Cl)cc2)CC1. The number of rotatable bonds is 3. The predicted molar refractivity (Wildman–Crippen MR) is 87.5 cm³/mol. The van der Waals surface area contributed by atoms with E-state index in [9.17, 15) is 4.79 Å². The second kappa shape index (κ2) is 7.31. The number of benzene rings is 1. The van der Waals surface area contributed by atoms with Crippen LogP contribution in [0.4, 0.5) is 5.69 Å². The number of halogens is 1. The van der Waals surface area contributed by atoms with Crippen molar-refractivity contribution in [1.82, 2.24) is 10.2 Å². The van der Waals surface area contributed by atoms with Crippen LogP contribution in [-0.4, -0.2) is 62.8 Å². The fourth-order valence-corrected chi connectivity index (χ4v) is 3.08. The van der Waals surface area contributed by atoms with Crippen LogP contribution in [0.5, 0.6) is 0 Å². The Kier molecular flexibility index (Phi) is 5.18. The van der Waals surface area contributed by atoms with Gasteiger partial charge >= 0.3 is 0 Å². The minimum absolute atomic E-state index is 0.163. The Balaban J connectivity index is 1.48. The summed E-state index contributed by atoms with van der Waals surface area (Å²) in [6.07, 6.45) is 0.529. The molecule has 22 heavy (non-hydrogen) atoms. The zero-order valence-electron chi connectivity index (χ0n) is 12.6. The lowest BCUT2D eigenvalue weighted by atomic mass is 10.1. The molecule has 2 fully saturated rings. The molecule has 0 aliphatic carbocycles. The van der Waals surface area contributed by atoms with Crippen molar-refractivity contribution in [2.75, 3.05) is 50.8 Å². The molecule has 2 aliphatic rings. The summed E-state index contributed by atoms with van der Waals surface area (Å²) in [6.45, 7) is 5.48. The average Bonchev–Trinajstić information content (AvgIpc) is 2.57. The third-order valence-corrected chi connectivity index (χ3v) is 4.50. The Morgan fingerprint density at radius 2 is 1.95 bits per heavy atom. The van der Waals surface area contributed by atoms with E-state index >= 15 is 0 Å². The highest BCUT2D eigenvalue weighted by Crippen LogP contribution is 2.19. The number of nitrogens with one attached hydrogen (secondary N) is 1. The maximum atomic E-state index is 12.3. The van der Waals surface area contributed by atoms with Gasteiger partial charge in [-0.2, -0.15) is 0 Å². The first-order valence-electron chi connectivity index (χ1n) is 7.82. The smallest absolute Gasteiger partial charge is 0.224 e. The monoisotopic (exact) mass is 323 g/mol. The fourth-order valence-electron chi connectivity index (χ4n) is 2.96. The fraction of sp³-hybridized carbons (Fsp3) is 0.562. The van der Waals surface area contributed by atoms with E-state index in [0.29, 0.717) is 13.0 Å². The Morgan fingerprint density at radius 3 is 2.59 bits per heavy atom. The molecule has 1 N–H and O–H groups in total. The number of carbonyl (C=O) groups excluding carboxylic acids is 1. The summed E-state index contributed by atoms with van der Waals surface area (Å²) in [6, 6.07) is 8.04. The van der Waals surface area contributed by atoms with Gasteiger partial charge in [0.15, 0.2) is 0 Å². The van der Waals surface area contributed by atoms with Gasteiger partial charge in [-0.3, -0.25) is 4.79 Å². The second-order valence-corrected chi connectivity index (χ2v) is 6.21. The number of piperazine rings is 1. The highest BCUT2D eigenvalue weighted by Gasteiger charge is 2.24. The second-order valence-electron chi connectivity index (χ2n) is 5.77. The van der Waals surface area contributed by atoms with E-state index < -0.39 is 0 Å². The van der Waals surface area contributed by atoms with Gasteiger partial charge in [0.05, 0.1) is 13.2 Å². The third kappa shape index (κ3) is 3.91. The van der Waals surface area contributed by atoms with E-state index in [1.165, 1.54) is 5.69 Å². The van der Waals surface area contributed by atoms with Crippen LogP contribution in [-0.2, 0) is 9.53 Å². The van der Waals surface area contributed by atoms with Crippen LogP contribution in [0, 0.1) is 0 Å². The number of morpholine rings is 1. The predicted octanol–water partition coefficient (Wildman–Crippen LogP) is 1.37. The van der Waals surface area contributed by atoms with Crippen LogP contribution >= 0.6 is 11.6 Å². The highest BCUT2D eigenvalue weighted by molar-refractivity contribution is 6.30. The standard InChI is InChI=1S/C16H22ClN3O2/c17-13-1-3-15(4-2-13)19-6-8-20(9-7-19)16(21)11-14-12-22-10-5-18-14/h1-4,14,18H,5-12H2. The zero-order chi connectivity index (χ0) is 15.4. The van der Waals surface area contributed by atoms with Crippen LogP contribution in [0.3, 0.4) is 0 Å². The van der Waals surface area contributed by atoms with E-state index in [-0.39, 0.29) is 11.9 Å². The summed E-state index contributed by atoms with van der Waals surface area (Å²) >= 11 is 5.92. The van der Waals surface area contributed by atoms with Gasteiger partial charge < -0.3 is 19.9 Å². The molecular weight excluding hydrogens is 302 g/mol. The number of ether oxygens (including phenoxy) is 1. The Bertz CT molecular complexity index is 495. The van der Waals surface area contributed by atoms with Crippen LogP contribution in [0.1, 0.15) is 6.42 Å². The molecule has 120 valence electrons. The number of anilines is 1. The molecule has 1 amide bonds. The number of hydrogen-bond donors (Lipinski definition) is 1. The van der Waals surface area contributed by atoms with Crippen molar-refractivity contribution < 1.29 is 9.53 Å². The normalized spacial score (nSPS) is 22.7. The average molecular weight is 324 g/mol. The van der Waals surface area contributed by atoms with Gasteiger partial charge in [0, 0.05) is 55.9 Å². The van der Waals surface area contributed by atoms with Crippen LogP contribution in [0.15, 0.2) is 24.3 Å². The highest BCUT2D eigenvalue weighted by atomic mass is 35.5. The minimum Gasteiger partial charge on any atom is -0.378 e. The lowest BCUT2D eigenvalue weighted by Gasteiger charge is -2.37. The van der Waals surface area contributed by atoms with E-state index in [4.69, 9.17) is 16.3 Å². The molecule has 1 aromatic rings. The molecule has 2 aliphatic heterocycles. The molecule has 2 heterocycles. The molecule has 6 heteroatoms. The molecular formula is C16H22ClN3O2. The molecule has 0 radical (unpaired) electrons. The van der Waals surface area contributed by atoms with Gasteiger partial charge in [-0.25, -0.2) is 0 Å². The van der Waals surface area contributed by atoms with Crippen molar-refractivity contribution in [3.8, 4) is 0 Å². The third-order valence-electron chi connectivity index (χ3n) is 4.24. The van der Waals surface area contributed by atoms with Gasteiger partial charge in [-0.05, 0) is 24.3 Å². The van der Waals surface area contributed by atoms with Crippen LogP contribution < -0.4 is 10.2 Å². The van der Waals surface area contributed by atoms with E-state index in [1.807, 2.05) is 29.2 Å². The van der Waals surface area contributed by atoms with E-state index in [0.717, 1.165) is 44.4 Å². The summed E-state index contributed by atoms with van der Waals surface area (Å²) in [5, 5.41) is 4.08. The summed E-state index contributed by atoms with van der Waals surface area (Å²) in [5.41, 5.74) is 1.17. The zero-order valence-corrected chi connectivity index (χ0v) is 13.4. The first-order valence-corrected chi connectivity index (χ1v) is 8.19. The quantitative estimate of drug-likeness (QED) is 0.912. The van der Waals surface area contributed by atoms with Crippen LogP contribution in [0.25, 0.3) is 0 Å². The van der Waals surface area contributed by atoms with Crippen molar-refractivity contribution in [1.29, 1.82) is 0 Å². The first-order chi connectivity index (χ1) is 10.7. The molecule has 0 bridgehead atoms. The number of amides is 1. The summed E-state index contributed by atoms with van der Waals surface area (Å²) < 4.78 is 5.40. The molecule has 5 nitrogen and oxygen atoms in total. The molecule has 0 saturated carbocycles. The van der Waals surface area contributed by atoms with Crippen molar-refractivity contribution >= 4 is 23.2 Å². The Hall–Kier alpha value is -1.30. The van der Waals surface area contributed by atoms with Gasteiger partial charge in [-0.15, -0.1) is 0 Å². The van der Waals surface area contributed by atoms with Crippen molar-refractivity contribution in [2.24, 2.45) is 0 Å². The molecule has 1 aromatic carbocycles. The lowest BCUT2D eigenvalue weighted by molar-refractivity contribution is -0.132. The van der Waals surface area contributed by atoms with Gasteiger partial charge in [-0.1, -0.05) is 11.6 Å². The van der Waals surface area contributed by atoms with Crippen molar-refractivity contribution in [3.05, 3.63) is 29.3 Å². The first kappa shape index (κ1) is 15.6. The molecule has 3 rings (SSSR count). The van der Waals surface area contributed by atoms with Gasteiger partial charge in [0.25, 0.3) is 0 Å². The van der Waals surface area contributed by atoms with E-state index in [2.05, 4.69) is 10.2 Å². The number of nitrogens with zero attached hydrogens (tertiary/aromatic N) is 2. The van der Waals surface area contributed by atoms with Gasteiger partial charge in [0.2, 0.25) is 5.91 Å². The number of carbonyl (C=O) groups is 1. The molecule has 0 aromatic heterocycles. The maximum Gasteiger partial charge on any atom is 0.224 e. The van der Waals surface area contributed by atoms with Crippen molar-refractivity contribution in [3.63, 3.8) is 0 Å². The van der Waals surface area contributed by atoms with E-state index in [1.54, 1.807) is 0 Å². The molecule has 0 spiro atoms. The maximum absolute atomic E-state index is 12.3. The van der Waals surface area contributed by atoms with Crippen LogP contribution in [0.2, 0.25) is 5.02 Å². The summed E-state index contributed by atoms with van der Waals surface area (Å²) in [4.78, 5) is 16.6. The molecule has 2 saturated heterocycles. The minimum atomic E-state index is 0.163. The topological polar surface area (TPSA) is 44.8 Å². The van der Waals surface area contributed by atoms with Crippen molar-refractivity contribution in [2.45, 2.75) is 12.5 Å². The Labute approximate surface area is 136 Å². The lowest BCUT2D eigenvalue weighted by Crippen LogP contribution is -2.51. The summed E-state index contributed by atoms with van der Waals surface area (Å²) in [7, 11) is 0. The largest absolute Gasteiger partial charge is 0.378 e. The van der Waals surface area contributed by atoms with Gasteiger partial charge in [0.1, 0.15) is 0 Å².